The molecule has 4 nitrogen and oxygen atoms in total. The fraction of sp³-hybridized carbons (Fsp3) is 0.400. The number of anilines is 1. The van der Waals surface area contributed by atoms with Crippen molar-refractivity contribution in [2.75, 3.05) is 31.1 Å². The summed E-state index contributed by atoms with van der Waals surface area (Å²) < 4.78 is 27.3. The standard InChI is InChI=1S/C20H26N2O2S/c1-16(2)19-6-4-5-7-20(19)21-12-14-22(15-13-21)25(23,24)18-10-8-17(3)9-11-18/h4-11,16H,12-15H2,1-3H3. The lowest BCUT2D eigenvalue weighted by atomic mass is 10.00. The Balaban J connectivity index is 1.75. The van der Waals surface area contributed by atoms with E-state index >= 15 is 0 Å². The Kier molecular flexibility index (Phi) is 5.16. The molecule has 0 atom stereocenters. The maximum atomic E-state index is 12.8. The molecule has 1 fully saturated rings. The van der Waals surface area contributed by atoms with Crippen molar-refractivity contribution in [2.45, 2.75) is 31.6 Å². The third-order valence-electron chi connectivity index (χ3n) is 4.80. The minimum Gasteiger partial charge on any atom is -0.369 e. The highest BCUT2D eigenvalue weighted by atomic mass is 32.2. The summed E-state index contributed by atoms with van der Waals surface area (Å²) in [7, 11) is -3.40. The molecule has 134 valence electrons. The van der Waals surface area contributed by atoms with Crippen LogP contribution in [0.1, 0.15) is 30.9 Å². The lowest BCUT2D eigenvalue weighted by molar-refractivity contribution is 0.384. The highest BCUT2D eigenvalue weighted by molar-refractivity contribution is 7.89. The Morgan fingerprint density at radius 1 is 0.880 bits per heavy atom. The summed E-state index contributed by atoms with van der Waals surface area (Å²) in [5, 5.41) is 0. The number of para-hydroxylation sites is 1. The molecule has 0 aromatic heterocycles. The maximum absolute atomic E-state index is 12.8. The molecular formula is C20H26N2O2S. The first-order valence-electron chi connectivity index (χ1n) is 8.80. The number of rotatable bonds is 4. The third-order valence-corrected chi connectivity index (χ3v) is 6.71. The lowest BCUT2D eigenvalue weighted by Crippen LogP contribution is -2.48. The molecule has 5 heteroatoms. The summed E-state index contributed by atoms with van der Waals surface area (Å²) in [6, 6.07) is 15.5. The van der Waals surface area contributed by atoms with E-state index in [1.165, 1.54) is 11.3 Å². The zero-order valence-electron chi connectivity index (χ0n) is 15.1. The van der Waals surface area contributed by atoms with Gasteiger partial charge in [0, 0.05) is 31.9 Å². The average molecular weight is 359 g/mol. The molecule has 2 aromatic carbocycles. The molecule has 3 rings (SSSR count). The van der Waals surface area contributed by atoms with Crippen LogP contribution in [0.4, 0.5) is 5.69 Å². The van der Waals surface area contributed by atoms with Crippen molar-refractivity contribution < 1.29 is 8.42 Å². The summed E-state index contributed by atoms with van der Waals surface area (Å²) in [6.45, 7) is 8.81. The molecular weight excluding hydrogens is 332 g/mol. The predicted molar refractivity (Wildman–Crippen MR) is 103 cm³/mol. The molecule has 1 saturated heterocycles. The molecule has 0 radical (unpaired) electrons. The first-order chi connectivity index (χ1) is 11.9. The molecule has 0 aliphatic carbocycles. The highest BCUT2D eigenvalue weighted by Crippen LogP contribution is 2.29. The van der Waals surface area contributed by atoms with Gasteiger partial charge in [0.25, 0.3) is 0 Å². The van der Waals surface area contributed by atoms with Gasteiger partial charge in [0.1, 0.15) is 0 Å². The summed E-state index contributed by atoms with van der Waals surface area (Å²) in [4.78, 5) is 2.69. The van der Waals surface area contributed by atoms with Gasteiger partial charge < -0.3 is 4.90 Å². The summed E-state index contributed by atoms with van der Waals surface area (Å²) in [5.74, 6) is 0.450. The van der Waals surface area contributed by atoms with Crippen LogP contribution in [-0.4, -0.2) is 38.9 Å². The quantitative estimate of drug-likeness (QED) is 0.838. The van der Waals surface area contributed by atoms with Gasteiger partial charge in [-0.05, 0) is 36.6 Å². The fourth-order valence-electron chi connectivity index (χ4n) is 3.29. The Labute approximate surface area is 151 Å². The summed E-state index contributed by atoms with van der Waals surface area (Å²) in [5.41, 5.74) is 3.61. The van der Waals surface area contributed by atoms with Gasteiger partial charge in [-0.25, -0.2) is 8.42 Å². The molecule has 2 aromatic rings. The van der Waals surface area contributed by atoms with E-state index in [9.17, 15) is 8.42 Å². The molecule has 0 amide bonds. The largest absolute Gasteiger partial charge is 0.369 e. The van der Waals surface area contributed by atoms with E-state index in [-0.39, 0.29) is 0 Å². The van der Waals surface area contributed by atoms with Gasteiger partial charge in [0.05, 0.1) is 4.90 Å². The van der Waals surface area contributed by atoms with Crippen LogP contribution in [0, 0.1) is 6.92 Å². The van der Waals surface area contributed by atoms with Gasteiger partial charge in [-0.2, -0.15) is 4.31 Å². The average Bonchev–Trinajstić information content (AvgIpc) is 2.62. The number of hydrogen-bond acceptors (Lipinski definition) is 3. The molecule has 0 N–H and O–H groups in total. The molecule has 1 aliphatic heterocycles. The number of hydrogen-bond donors (Lipinski definition) is 0. The van der Waals surface area contributed by atoms with Crippen molar-refractivity contribution in [3.63, 3.8) is 0 Å². The molecule has 0 spiro atoms. The van der Waals surface area contributed by atoms with Crippen LogP contribution < -0.4 is 4.90 Å². The SMILES string of the molecule is Cc1ccc(S(=O)(=O)N2CCN(c3ccccc3C(C)C)CC2)cc1. The van der Waals surface area contributed by atoms with Gasteiger partial charge in [-0.1, -0.05) is 49.7 Å². The summed E-state index contributed by atoms with van der Waals surface area (Å²) in [6.07, 6.45) is 0. The van der Waals surface area contributed by atoms with E-state index in [0.29, 0.717) is 23.9 Å². The second kappa shape index (κ2) is 7.18. The fourth-order valence-corrected chi connectivity index (χ4v) is 4.71. The van der Waals surface area contributed by atoms with Crippen LogP contribution >= 0.6 is 0 Å². The minimum atomic E-state index is -3.40. The van der Waals surface area contributed by atoms with Gasteiger partial charge in [-0.15, -0.1) is 0 Å². The van der Waals surface area contributed by atoms with Crippen LogP contribution in [0.3, 0.4) is 0 Å². The van der Waals surface area contributed by atoms with Crippen molar-refractivity contribution in [3.8, 4) is 0 Å². The van der Waals surface area contributed by atoms with Crippen LogP contribution in [-0.2, 0) is 10.0 Å². The van der Waals surface area contributed by atoms with Crippen molar-refractivity contribution >= 4 is 15.7 Å². The van der Waals surface area contributed by atoms with E-state index in [4.69, 9.17) is 0 Å². The van der Waals surface area contributed by atoms with Crippen molar-refractivity contribution in [2.24, 2.45) is 0 Å². The Hall–Kier alpha value is -1.85. The minimum absolute atomic E-state index is 0.383. The number of aryl methyl sites for hydroxylation is 1. The number of nitrogens with zero attached hydrogens (tertiary/aromatic N) is 2. The second-order valence-electron chi connectivity index (χ2n) is 6.92. The first-order valence-corrected chi connectivity index (χ1v) is 10.2. The second-order valence-corrected chi connectivity index (χ2v) is 8.86. The Morgan fingerprint density at radius 2 is 1.48 bits per heavy atom. The monoisotopic (exact) mass is 358 g/mol. The van der Waals surface area contributed by atoms with Crippen LogP contribution in [0.5, 0.6) is 0 Å². The van der Waals surface area contributed by atoms with E-state index in [2.05, 4.69) is 43.0 Å². The maximum Gasteiger partial charge on any atom is 0.243 e. The number of benzene rings is 2. The Morgan fingerprint density at radius 3 is 2.08 bits per heavy atom. The van der Waals surface area contributed by atoms with Crippen LogP contribution in [0.2, 0.25) is 0 Å². The highest BCUT2D eigenvalue weighted by Gasteiger charge is 2.29. The number of piperazine rings is 1. The van der Waals surface area contributed by atoms with Crippen LogP contribution in [0.25, 0.3) is 0 Å². The zero-order valence-corrected chi connectivity index (χ0v) is 16.0. The van der Waals surface area contributed by atoms with E-state index in [1.54, 1.807) is 16.4 Å². The van der Waals surface area contributed by atoms with Gasteiger partial charge in [0.2, 0.25) is 10.0 Å². The summed E-state index contributed by atoms with van der Waals surface area (Å²) >= 11 is 0. The lowest BCUT2D eigenvalue weighted by Gasteiger charge is -2.36. The molecule has 1 aliphatic rings. The molecule has 0 unspecified atom stereocenters. The van der Waals surface area contributed by atoms with Gasteiger partial charge in [-0.3, -0.25) is 0 Å². The van der Waals surface area contributed by atoms with Crippen LogP contribution in [0.15, 0.2) is 53.4 Å². The number of sulfonamides is 1. The Bertz CT molecular complexity index is 821. The molecule has 1 heterocycles. The molecule has 0 saturated carbocycles. The third kappa shape index (κ3) is 3.72. The van der Waals surface area contributed by atoms with Crippen molar-refractivity contribution in [1.29, 1.82) is 0 Å². The van der Waals surface area contributed by atoms with Gasteiger partial charge >= 0.3 is 0 Å². The zero-order chi connectivity index (χ0) is 18.0. The smallest absolute Gasteiger partial charge is 0.243 e. The predicted octanol–water partition coefficient (Wildman–Crippen LogP) is 3.63. The van der Waals surface area contributed by atoms with Gasteiger partial charge in [0.15, 0.2) is 0 Å². The van der Waals surface area contributed by atoms with Crippen molar-refractivity contribution in [3.05, 3.63) is 59.7 Å². The van der Waals surface area contributed by atoms with E-state index in [1.807, 2.05) is 19.1 Å². The van der Waals surface area contributed by atoms with E-state index in [0.717, 1.165) is 18.7 Å². The normalized spacial score (nSPS) is 16.4. The molecule has 0 bridgehead atoms. The topological polar surface area (TPSA) is 40.6 Å². The van der Waals surface area contributed by atoms with Crippen molar-refractivity contribution in [1.82, 2.24) is 4.31 Å². The van der Waals surface area contributed by atoms with E-state index < -0.39 is 10.0 Å². The first kappa shape index (κ1) is 18.0. The molecule has 25 heavy (non-hydrogen) atoms.